The third-order valence-corrected chi connectivity index (χ3v) is 3.95. The van der Waals surface area contributed by atoms with Gasteiger partial charge in [0.05, 0.1) is 0 Å². The zero-order valence-corrected chi connectivity index (χ0v) is 15.7. The van der Waals surface area contributed by atoms with Gasteiger partial charge in [0.25, 0.3) is 0 Å². The van der Waals surface area contributed by atoms with Gasteiger partial charge in [-0.3, -0.25) is 0 Å². The number of nitrogens with zero attached hydrogens (tertiary/aromatic N) is 1. The van der Waals surface area contributed by atoms with Gasteiger partial charge in [0, 0.05) is 17.4 Å². The van der Waals surface area contributed by atoms with E-state index < -0.39 is 0 Å². The lowest BCUT2D eigenvalue weighted by Crippen LogP contribution is -2.20. The molecule has 2 aromatic carbocycles. The quantitative estimate of drug-likeness (QED) is 0.616. The fourth-order valence-electron chi connectivity index (χ4n) is 2.65. The molecule has 0 aliphatic rings. The Morgan fingerprint density at radius 2 is 1.59 bits per heavy atom. The van der Waals surface area contributed by atoms with Crippen molar-refractivity contribution in [2.24, 2.45) is 0 Å². The molecule has 0 bridgehead atoms. The molecule has 0 saturated carbocycles. The highest BCUT2D eigenvalue weighted by Crippen LogP contribution is 2.35. The van der Waals surface area contributed by atoms with E-state index in [0.29, 0.717) is 17.3 Å². The Hall–Kier alpha value is -3.34. The highest BCUT2D eigenvalue weighted by molar-refractivity contribution is 6.00. The van der Waals surface area contributed by atoms with Gasteiger partial charge in [0.2, 0.25) is 5.88 Å². The van der Waals surface area contributed by atoms with Gasteiger partial charge in [0.15, 0.2) is 0 Å². The van der Waals surface area contributed by atoms with E-state index in [0.717, 1.165) is 11.3 Å². The van der Waals surface area contributed by atoms with Crippen LogP contribution >= 0.6 is 0 Å². The van der Waals surface area contributed by atoms with E-state index in [4.69, 9.17) is 4.74 Å². The van der Waals surface area contributed by atoms with Crippen molar-refractivity contribution < 1.29 is 9.53 Å². The lowest BCUT2D eigenvalue weighted by Gasteiger charge is -2.22. The van der Waals surface area contributed by atoms with Gasteiger partial charge >= 0.3 is 6.03 Å². The van der Waals surface area contributed by atoms with E-state index in [1.54, 1.807) is 18.3 Å². The van der Waals surface area contributed by atoms with Gasteiger partial charge in [-0.2, -0.15) is 0 Å². The number of carbonyl (C=O) groups is 1. The molecular weight excluding hydrogens is 338 g/mol. The van der Waals surface area contributed by atoms with E-state index in [9.17, 15) is 4.79 Å². The zero-order chi connectivity index (χ0) is 19.3. The molecule has 0 aliphatic carbocycles. The minimum Gasteiger partial charge on any atom is -0.437 e. The molecule has 0 unspecified atom stereocenters. The Morgan fingerprint density at radius 1 is 0.889 bits per heavy atom. The van der Waals surface area contributed by atoms with Gasteiger partial charge in [-0.25, -0.2) is 9.78 Å². The SMILES string of the molecule is CC(C)(C)c1ccccc1Oc1ncccc1NC(=O)Nc1ccccc1. The number of hydrogen-bond donors (Lipinski definition) is 2. The van der Waals surface area contributed by atoms with Crippen molar-refractivity contribution in [3.8, 4) is 11.6 Å². The minimum absolute atomic E-state index is 0.0797. The first-order valence-electron chi connectivity index (χ1n) is 8.79. The summed E-state index contributed by atoms with van der Waals surface area (Å²) in [6.45, 7) is 6.38. The van der Waals surface area contributed by atoms with Crippen molar-refractivity contribution in [3.05, 3.63) is 78.5 Å². The van der Waals surface area contributed by atoms with Crippen molar-refractivity contribution in [1.82, 2.24) is 4.98 Å². The smallest absolute Gasteiger partial charge is 0.323 e. The molecule has 2 N–H and O–H groups in total. The second-order valence-corrected chi connectivity index (χ2v) is 7.15. The molecule has 1 aromatic heterocycles. The Kier molecular flexibility index (Phi) is 5.41. The second-order valence-electron chi connectivity index (χ2n) is 7.15. The van der Waals surface area contributed by atoms with Crippen LogP contribution in [0.25, 0.3) is 0 Å². The summed E-state index contributed by atoms with van der Waals surface area (Å²) in [5, 5.41) is 5.58. The number of para-hydroxylation sites is 2. The summed E-state index contributed by atoms with van der Waals surface area (Å²) in [5.74, 6) is 1.06. The molecule has 0 radical (unpaired) electrons. The van der Waals surface area contributed by atoms with Crippen molar-refractivity contribution in [2.75, 3.05) is 10.6 Å². The molecule has 5 heteroatoms. The Bertz CT molecular complexity index is 918. The molecule has 0 atom stereocenters. The molecule has 0 saturated heterocycles. The van der Waals surface area contributed by atoms with E-state index in [2.05, 4.69) is 36.4 Å². The van der Waals surface area contributed by atoms with E-state index >= 15 is 0 Å². The number of aromatic nitrogens is 1. The van der Waals surface area contributed by atoms with E-state index in [1.807, 2.05) is 54.6 Å². The van der Waals surface area contributed by atoms with Crippen LogP contribution in [0.2, 0.25) is 0 Å². The predicted octanol–water partition coefficient (Wildman–Crippen LogP) is 5.82. The van der Waals surface area contributed by atoms with Crippen molar-refractivity contribution in [1.29, 1.82) is 0 Å². The number of anilines is 2. The Labute approximate surface area is 159 Å². The summed E-state index contributed by atoms with van der Waals surface area (Å²) in [6, 6.07) is 20.2. The highest BCUT2D eigenvalue weighted by Gasteiger charge is 2.20. The van der Waals surface area contributed by atoms with Gasteiger partial charge in [-0.05, 0) is 35.7 Å². The third-order valence-electron chi connectivity index (χ3n) is 3.95. The number of ether oxygens (including phenoxy) is 1. The number of benzene rings is 2. The number of carbonyl (C=O) groups excluding carboxylic acids is 1. The minimum atomic E-state index is -0.358. The maximum Gasteiger partial charge on any atom is 0.323 e. The summed E-state index contributed by atoms with van der Waals surface area (Å²) in [6.07, 6.45) is 1.63. The van der Waals surface area contributed by atoms with Gasteiger partial charge < -0.3 is 15.4 Å². The lowest BCUT2D eigenvalue weighted by atomic mass is 9.86. The van der Waals surface area contributed by atoms with Crippen LogP contribution in [0.4, 0.5) is 16.2 Å². The standard InChI is InChI=1S/C22H23N3O2/c1-22(2,3)17-12-7-8-14-19(17)27-20-18(13-9-15-23-20)25-21(26)24-16-10-5-4-6-11-16/h4-15H,1-3H3,(H2,24,25,26). The van der Waals surface area contributed by atoms with Crippen LogP contribution in [0.15, 0.2) is 72.9 Å². The first kappa shape index (κ1) is 18.5. The van der Waals surface area contributed by atoms with Crippen molar-refractivity contribution >= 4 is 17.4 Å². The topological polar surface area (TPSA) is 63.2 Å². The molecule has 0 fully saturated rings. The number of hydrogen-bond acceptors (Lipinski definition) is 3. The largest absolute Gasteiger partial charge is 0.437 e. The van der Waals surface area contributed by atoms with Crippen LogP contribution in [-0.4, -0.2) is 11.0 Å². The maximum absolute atomic E-state index is 12.3. The average molecular weight is 361 g/mol. The molecule has 1 heterocycles. The maximum atomic E-state index is 12.3. The molecule has 3 rings (SSSR count). The van der Waals surface area contributed by atoms with E-state index in [1.165, 1.54) is 0 Å². The number of urea groups is 1. The average Bonchev–Trinajstić information content (AvgIpc) is 2.64. The van der Waals surface area contributed by atoms with Crippen molar-refractivity contribution in [3.63, 3.8) is 0 Å². The highest BCUT2D eigenvalue weighted by atomic mass is 16.5. The van der Waals surface area contributed by atoms with Crippen LogP contribution in [0.1, 0.15) is 26.3 Å². The predicted molar refractivity (Wildman–Crippen MR) is 109 cm³/mol. The van der Waals surface area contributed by atoms with Crippen LogP contribution in [-0.2, 0) is 5.41 Å². The lowest BCUT2D eigenvalue weighted by molar-refractivity contribution is 0.262. The summed E-state index contributed by atoms with van der Waals surface area (Å²) < 4.78 is 6.06. The molecule has 27 heavy (non-hydrogen) atoms. The molecule has 0 spiro atoms. The summed E-state index contributed by atoms with van der Waals surface area (Å²) in [4.78, 5) is 16.6. The zero-order valence-electron chi connectivity index (χ0n) is 15.7. The molecule has 0 aliphatic heterocycles. The Morgan fingerprint density at radius 3 is 2.33 bits per heavy atom. The first-order valence-corrected chi connectivity index (χ1v) is 8.79. The van der Waals surface area contributed by atoms with Crippen LogP contribution < -0.4 is 15.4 Å². The van der Waals surface area contributed by atoms with Crippen LogP contribution in [0, 0.1) is 0 Å². The fraction of sp³-hybridized carbons (Fsp3) is 0.182. The molecular formula is C22H23N3O2. The first-order chi connectivity index (χ1) is 12.9. The van der Waals surface area contributed by atoms with Gasteiger partial charge in [-0.1, -0.05) is 57.2 Å². The second kappa shape index (κ2) is 7.91. The molecule has 5 nitrogen and oxygen atoms in total. The number of nitrogens with one attached hydrogen (secondary N) is 2. The number of amides is 2. The van der Waals surface area contributed by atoms with E-state index in [-0.39, 0.29) is 11.4 Å². The summed E-state index contributed by atoms with van der Waals surface area (Å²) in [5.41, 5.74) is 2.19. The summed E-state index contributed by atoms with van der Waals surface area (Å²) >= 11 is 0. The molecule has 2 amide bonds. The summed E-state index contributed by atoms with van der Waals surface area (Å²) in [7, 11) is 0. The van der Waals surface area contributed by atoms with Crippen molar-refractivity contribution in [2.45, 2.75) is 26.2 Å². The molecule has 3 aromatic rings. The number of pyridine rings is 1. The monoisotopic (exact) mass is 361 g/mol. The van der Waals surface area contributed by atoms with Gasteiger partial charge in [0.1, 0.15) is 11.4 Å². The van der Waals surface area contributed by atoms with Crippen LogP contribution in [0.3, 0.4) is 0 Å². The fourth-order valence-corrected chi connectivity index (χ4v) is 2.65. The molecule has 138 valence electrons. The van der Waals surface area contributed by atoms with Crippen LogP contribution in [0.5, 0.6) is 11.6 Å². The normalized spacial score (nSPS) is 10.9. The third kappa shape index (κ3) is 4.85. The van der Waals surface area contributed by atoms with Gasteiger partial charge in [-0.15, -0.1) is 0 Å². The number of rotatable bonds is 4. The Balaban J connectivity index is 1.80.